The summed E-state index contributed by atoms with van der Waals surface area (Å²) in [7, 11) is -2.58. The molecule has 27 heavy (non-hydrogen) atoms. The second-order valence-corrected chi connectivity index (χ2v) is 12.8. The normalized spacial score (nSPS) is 21.0. The number of carbonyl (C=O) groups is 1. The van der Waals surface area contributed by atoms with Crippen molar-refractivity contribution in [2.45, 2.75) is 51.7 Å². The number of benzene rings is 2. The zero-order valence-corrected chi connectivity index (χ0v) is 17.8. The predicted octanol–water partition coefficient (Wildman–Crippen LogP) is 3.90. The predicted molar refractivity (Wildman–Crippen MR) is 112 cm³/mol. The third-order valence-electron chi connectivity index (χ3n) is 5.60. The fourth-order valence-electron chi connectivity index (χ4n) is 4.04. The molecule has 1 heterocycles. The zero-order chi connectivity index (χ0) is 19.5. The van der Waals surface area contributed by atoms with Crippen LogP contribution in [0.1, 0.15) is 40.5 Å². The molecule has 0 aliphatic carbocycles. The van der Waals surface area contributed by atoms with E-state index in [0.29, 0.717) is 18.9 Å². The van der Waals surface area contributed by atoms with Crippen LogP contribution in [-0.4, -0.2) is 27.0 Å². The van der Waals surface area contributed by atoms with Crippen LogP contribution in [0, 0.1) is 5.92 Å². The van der Waals surface area contributed by atoms with Crippen molar-refractivity contribution in [3.05, 3.63) is 60.7 Å². The molecule has 0 unspecified atom stereocenters. The zero-order valence-electron chi connectivity index (χ0n) is 16.8. The highest BCUT2D eigenvalue weighted by atomic mass is 28.4. The number of rotatable bonds is 5. The topological polar surface area (TPSA) is 35.5 Å². The van der Waals surface area contributed by atoms with Gasteiger partial charge >= 0.3 is 5.97 Å². The summed E-state index contributed by atoms with van der Waals surface area (Å²) in [6.45, 7) is 9.37. The smallest absolute Gasteiger partial charge is 0.306 e. The van der Waals surface area contributed by atoms with Crippen molar-refractivity contribution in [2.75, 3.05) is 6.61 Å². The Kier molecular flexibility index (Phi) is 5.87. The fourth-order valence-corrected chi connectivity index (χ4v) is 8.61. The van der Waals surface area contributed by atoms with Crippen molar-refractivity contribution in [1.82, 2.24) is 0 Å². The fraction of sp³-hybridized carbons (Fsp3) is 0.435. The average Bonchev–Trinajstić information content (AvgIpc) is 2.65. The highest BCUT2D eigenvalue weighted by Crippen LogP contribution is 2.37. The molecule has 3 rings (SSSR count). The van der Waals surface area contributed by atoms with Crippen LogP contribution in [0.3, 0.4) is 0 Å². The summed E-state index contributed by atoms with van der Waals surface area (Å²) in [5.74, 6) is 0.213. The molecule has 0 amide bonds. The van der Waals surface area contributed by atoms with E-state index in [1.165, 1.54) is 10.4 Å². The second-order valence-electron chi connectivity index (χ2n) is 8.52. The van der Waals surface area contributed by atoms with E-state index in [0.717, 1.165) is 6.42 Å². The van der Waals surface area contributed by atoms with Crippen LogP contribution in [0.5, 0.6) is 0 Å². The molecule has 0 radical (unpaired) electrons. The molecule has 144 valence electrons. The van der Waals surface area contributed by atoms with Crippen molar-refractivity contribution in [3.8, 4) is 0 Å². The Bertz CT molecular complexity index is 713. The van der Waals surface area contributed by atoms with Crippen molar-refractivity contribution >= 4 is 24.7 Å². The van der Waals surface area contributed by atoms with E-state index in [-0.39, 0.29) is 17.1 Å². The lowest BCUT2D eigenvalue weighted by molar-refractivity contribution is -0.160. The summed E-state index contributed by atoms with van der Waals surface area (Å²) in [5, 5.41) is 2.43. The van der Waals surface area contributed by atoms with Gasteiger partial charge in [0.15, 0.2) is 0 Å². The monoisotopic (exact) mass is 382 g/mol. The van der Waals surface area contributed by atoms with Crippen LogP contribution in [0.25, 0.3) is 0 Å². The van der Waals surface area contributed by atoms with Gasteiger partial charge in [0.2, 0.25) is 0 Å². The lowest BCUT2D eigenvalue weighted by atomic mass is 9.97. The van der Waals surface area contributed by atoms with Gasteiger partial charge in [-0.1, -0.05) is 88.4 Å². The summed E-state index contributed by atoms with van der Waals surface area (Å²) < 4.78 is 12.5. The minimum Gasteiger partial charge on any atom is -0.460 e. The molecule has 0 bridgehead atoms. The van der Waals surface area contributed by atoms with Crippen LogP contribution in [0.4, 0.5) is 0 Å². The van der Waals surface area contributed by atoms with Gasteiger partial charge in [0, 0.05) is 6.42 Å². The van der Waals surface area contributed by atoms with E-state index in [4.69, 9.17) is 9.16 Å². The quantitative estimate of drug-likeness (QED) is 0.581. The van der Waals surface area contributed by atoms with Crippen molar-refractivity contribution < 1.29 is 14.0 Å². The van der Waals surface area contributed by atoms with E-state index in [2.05, 4.69) is 76.2 Å². The maximum absolute atomic E-state index is 11.8. The Labute approximate surface area is 163 Å². The van der Waals surface area contributed by atoms with Gasteiger partial charge in [-0.3, -0.25) is 4.79 Å². The lowest BCUT2D eigenvalue weighted by Gasteiger charge is -2.44. The summed E-state index contributed by atoms with van der Waals surface area (Å²) >= 11 is 0. The molecule has 0 N–H and O–H groups in total. The molecule has 2 aromatic rings. The van der Waals surface area contributed by atoms with Gasteiger partial charge in [0.25, 0.3) is 8.32 Å². The maximum Gasteiger partial charge on any atom is 0.306 e. The second kappa shape index (κ2) is 7.99. The number of carbonyl (C=O) groups excluding carboxylic acids is 1. The van der Waals surface area contributed by atoms with E-state index >= 15 is 0 Å². The number of hydrogen-bond acceptors (Lipinski definition) is 3. The largest absolute Gasteiger partial charge is 0.460 e. The van der Waals surface area contributed by atoms with Gasteiger partial charge in [-0.25, -0.2) is 0 Å². The molecule has 1 saturated heterocycles. The Morgan fingerprint density at radius 1 is 1.00 bits per heavy atom. The van der Waals surface area contributed by atoms with Gasteiger partial charge in [-0.15, -0.1) is 0 Å². The lowest BCUT2D eigenvalue weighted by Crippen LogP contribution is -2.67. The highest BCUT2D eigenvalue weighted by Gasteiger charge is 2.50. The summed E-state index contributed by atoms with van der Waals surface area (Å²) in [4.78, 5) is 11.8. The van der Waals surface area contributed by atoms with Gasteiger partial charge in [-0.2, -0.15) is 0 Å². The standard InChI is InChI=1S/C23H30O3Si/c1-18-15-16-22(24)26-21(18)17-25-27(23(2,3)4,19-11-7-5-8-12-19)20-13-9-6-10-14-20/h5-14,18,21H,15-17H2,1-4H3/t18-,21-/m0/s1. The summed E-state index contributed by atoms with van der Waals surface area (Å²) in [6.07, 6.45) is 1.21. The molecule has 1 fully saturated rings. The summed E-state index contributed by atoms with van der Waals surface area (Å²) in [5.41, 5.74) is 0. The summed E-state index contributed by atoms with van der Waals surface area (Å²) in [6, 6.07) is 21.1. The maximum atomic E-state index is 11.8. The van der Waals surface area contributed by atoms with Crippen LogP contribution in [0.15, 0.2) is 60.7 Å². The first kappa shape index (κ1) is 19.8. The molecular weight excluding hydrogens is 352 g/mol. The molecule has 1 aliphatic heterocycles. The van der Waals surface area contributed by atoms with Crippen LogP contribution >= 0.6 is 0 Å². The number of ether oxygens (including phenoxy) is 1. The Morgan fingerprint density at radius 3 is 2.00 bits per heavy atom. The Morgan fingerprint density at radius 2 is 1.52 bits per heavy atom. The number of hydrogen-bond donors (Lipinski definition) is 0. The minimum atomic E-state index is -2.58. The minimum absolute atomic E-state index is 0.0718. The van der Waals surface area contributed by atoms with Crippen molar-refractivity contribution in [2.24, 2.45) is 5.92 Å². The van der Waals surface area contributed by atoms with Gasteiger partial charge < -0.3 is 9.16 Å². The molecule has 2 atom stereocenters. The van der Waals surface area contributed by atoms with Gasteiger partial charge in [-0.05, 0) is 27.8 Å². The number of esters is 1. The third kappa shape index (κ3) is 4.02. The first-order valence-electron chi connectivity index (χ1n) is 9.79. The first-order valence-corrected chi connectivity index (χ1v) is 11.7. The molecule has 4 heteroatoms. The highest BCUT2D eigenvalue weighted by molar-refractivity contribution is 6.99. The molecule has 0 aromatic heterocycles. The van der Waals surface area contributed by atoms with Gasteiger partial charge in [0.1, 0.15) is 6.10 Å². The van der Waals surface area contributed by atoms with Crippen LogP contribution in [-0.2, 0) is 14.0 Å². The Balaban J connectivity index is 2.03. The molecule has 3 nitrogen and oxygen atoms in total. The number of cyclic esters (lactones) is 1. The van der Waals surface area contributed by atoms with Gasteiger partial charge in [0.05, 0.1) is 6.61 Å². The Hall–Kier alpha value is -1.91. The molecule has 1 aliphatic rings. The molecule has 0 spiro atoms. The third-order valence-corrected chi connectivity index (χ3v) is 10.6. The molecular formula is C23H30O3Si. The SMILES string of the molecule is C[C@H]1CCC(=O)O[C@H]1CO[Si](c1ccccc1)(c1ccccc1)C(C)(C)C. The average molecular weight is 383 g/mol. The van der Waals surface area contributed by atoms with Crippen LogP contribution < -0.4 is 10.4 Å². The van der Waals surface area contributed by atoms with E-state index in [9.17, 15) is 4.79 Å². The van der Waals surface area contributed by atoms with E-state index < -0.39 is 8.32 Å². The van der Waals surface area contributed by atoms with Crippen molar-refractivity contribution in [3.63, 3.8) is 0 Å². The van der Waals surface area contributed by atoms with E-state index in [1.54, 1.807) is 0 Å². The first-order chi connectivity index (χ1) is 12.8. The molecule has 2 aromatic carbocycles. The molecule has 0 saturated carbocycles. The van der Waals surface area contributed by atoms with E-state index in [1.807, 2.05) is 12.1 Å². The van der Waals surface area contributed by atoms with Crippen LogP contribution in [0.2, 0.25) is 5.04 Å². The van der Waals surface area contributed by atoms with Crippen molar-refractivity contribution in [1.29, 1.82) is 0 Å².